The van der Waals surface area contributed by atoms with Gasteiger partial charge in [-0.05, 0) is 61.3 Å². The molecule has 1 saturated carbocycles. The number of ether oxygens (including phenoxy) is 1. The van der Waals surface area contributed by atoms with Crippen LogP contribution < -0.4 is 0 Å². The van der Waals surface area contributed by atoms with Gasteiger partial charge < -0.3 is 9.84 Å². The van der Waals surface area contributed by atoms with Gasteiger partial charge in [0.1, 0.15) is 6.61 Å². The fraction of sp³-hybridized carbons (Fsp3) is 0.700. The number of aliphatic carboxylic acids is 1. The number of hydrogen-bond donors (Lipinski definition) is 1. The highest BCUT2D eigenvalue weighted by Gasteiger charge is 2.55. The Bertz CT molecular complexity index is 617. The van der Waals surface area contributed by atoms with Gasteiger partial charge in [0.15, 0.2) is 0 Å². The van der Waals surface area contributed by atoms with Gasteiger partial charge in [0.05, 0.1) is 0 Å². The molecule has 4 atom stereocenters. The van der Waals surface area contributed by atoms with Gasteiger partial charge in [0.25, 0.3) is 0 Å². The Morgan fingerprint density at radius 1 is 1.38 bits per heavy atom. The van der Waals surface area contributed by atoms with E-state index in [1.54, 1.807) is 6.08 Å². The number of rotatable bonds is 4. The molecule has 4 unspecified atom stereocenters. The lowest BCUT2D eigenvalue weighted by Gasteiger charge is -2.57. The molecular weight excluding hydrogens is 304 g/mol. The van der Waals surface area contributed by atoms with Gasteiger partial charge in [-0.1, -0.05) is 26.8 Å². The molecule has 24 heavy (non-hydrogen) atoms. The molecular formula is C20H28O4. The number of allylic oxidation sites excluding steroid dienone is 1. The smallest absolute Gasteiger partial charge is 0.331 e. The van der Waals surface area contributed by atoms with E-state index in [-0.39, 0.29) is 16.8 Å². The number of carboxylic acid groups (broad SMARTS) is 1. The molecule has 2 aliphatic carbocycles. The van der Waals surface area contributed by atoms with E-state index >= 15 is 0 Å². The summed E-state index contributed by atoms with van der Waals surface area (Å²) in [6.45, 7) is 7.22. The van der Waals surface area contributed by atoms with Crippen molar-refractivity contribution in [2.45, 2.75) is 59.3 Å². The van der Waals surface area contributed by atoms with Crippen LogP contribution in [0.4, 0.5) is 0 Å². The fourth-order valence-corrected chi connectivity index (χ4v) is 5.43. The van der Waals surface area contributed by atoms with E-state index in [4.69, 9.17) is 4.74 Å². The van der Waals surface area contributed by atoms with E-state index in [2.05, 4.69) is 20.8 Å². The van der Waals surface area contributed by atoms with Gasteiger partial charge in [0.2, 0.25) is 0 Å². The summed E-state index contributed by atoms with van der Waals surface area (Å²) >= 11 is 0. The molecule has 0 bridgehead atoms. The molecule has 0 aromatic heterocycles. The van der Waals surface area contributed by atoms with Crippen LogP contribution in [0.5, 0.6) is 0 Å². The van der Waals surface area contributed by atoms with Gasteiger partial charge in [-0.3, -0.25) is 0 Å². The molecule has 4 nitrogen and oxygen atoms in total. The van der Waals surface area contributed by atoms with Crippen molar-refractivity contribution in [3.05, 3.63) is 23.3 Å². The average molecular weight is 332 g/mol. The summed E-state index contributed by atoms with van der Waals surface area (Å²) in [5.41, 5.74) is 1.55. The van der Waals surface area contributed by atoms with Crippen molar-refractivity contribution in [3.8, 4) is 0 Å². The highest BCUT2D eigenvalue weighted by molar-refractivity contribution is 5.88. The summed E-state index contributed by atoms with van der Waals surface area (Å²) in [5, 5.41) is 9.68. The largest absolute Gasteiger partial charge is 0.478 e. The maximum Gasteiger partial charge on any atom is 0.331 e. The average Bonchev–Trinajstić information content (AvgIpc) is 2.94. The highest BCUT2D eigenvalue weighted by atomic mass is 16.5. The molecule has 0 radical (unpaired) electrons. The van der Waals surface area contributed by atoms with Crippen molar-refractivity contribution in [1.29, 1.82) is 0 Å². The van der Waals surface area contributed by atoms with Gasteiger partial charge in [-0.15, -0.1) is 0 Å². The third-order valence-corrected chi connectivity index (χ3v) is 7.14. The quantitative estimate of drug-likeness (QED) is 0.787. The Labute approximate surface area is 144 Å². The van der Waals surface area contributed by atoms with Crippen molar-refractivity contribution in [1.82, 2.24) is 0 Å². The Kier molecular flexibility index (Phi) is 4.35. The normalized spacial score (nSPS) is 38.9. The van der Waals surface area contributed by atoms with Crippen molar-refractivity contribution < 1.29 is 19.4 Å². The van der Waals surface area contributed by atoms with Crippen molar-refractivity contribution >= 4 is 11.9 Å². The van der Waals surface area contributed by atoms with Crippen molar-refractivity contribution in [2.24, 2.45) is 22.7 Å². The number of esters is 1. The van der Waals surface area contributed by atoms with Gasteiger partial charge in [-0.25, -0.2) is 9.59 Å². The van der Waals surface area contributed by atoms with Crippen molar-refractivity contribution in [2.75, 3.05) is 6.61 Å². The Morgan fingerprint density at radius 3 is 2.75 bits per heavy atom. The number of hydrogen-bond acceptors (Lipinski definition) is 3. The van der Waals surface area contributed by atoms with Crippen LogP contribution in [0.1, 0.15) is 59.3 Å². The van der Waals surface area contributed by atoms with E-state index in [9.17, 15) is 14.7 Å². The first-order valence-corrected chi connectivity index (χ1v) is 9.07. The van der Waals surface area contributed by atoms with Crippen LogP contribution in [0.25, 0.3) is 0 Å². The topological polar surface area (TPSA) is 63.6 Å². The molecule has 0 saturated heterocycles. The molecule has 3 aliphatic rings. The second-order valence-electron chi connectivity index (χ2n) is 8.33. The summed E-state index contributed by atoms with van der Waals surface area (Å²) in [4.78, 5) is 23.1. The van der Waals surface area contributed by atoms with Crippen molar-refractivity contribution in [3.63, 3.8) is 0 Å². The zero-order chi connectivity index (χ0) is 17.5. The SMILES string of the molecule is CC1CCC2(C)C(C(=O)O)=CCCC2C1(C)CCC1=CC(=O)OC1. The Balaban J connectivity index is 1.85. The van der Waals surface area contributed by atoms with E-state index in [1.165, 1.54) is 0 Å². The van der Waals surface area contributed by atoms with Crippen LogP contribution in [0.15, 0.2) is 23.3 Å². The highest BCUT2D eigenvalue weighted by Crippen LogP contribution is 2.62. The Hall–Kier alpha value is -1.58. The van der Waals surface area contributed by atoms with Crippen LogP contribution in [0.2, 0.25) is 0 Å². The first-order chi connectivity index (χ1) is 11.3. The zero-order valence-corrected chi connectivity index (χ0v) is 14.9. The monoisotopic (exact) mass is 332 g/mol. The molecule has 0 amide bonds. The Morgan fingerprint density at radius 2 is 2.12 bits per heavy atom. The summed E-state index contributed by atoms with van der Waals surface area (Å²) in [6, 6.07) is 0. The van der Waals surface area contributed by atoms with Gasteiger partial charge >= 0.3 is 11.9 Å². The number of cyclic esters (lactones) is 1. The number of carbonyl (C=O) groups excluding carboxylic acids is 1. The minimum absolute atomic E-state index is 0.0917. The fourth-order valence-electron chi connectivity index (χ4n) is 5.43. The van der Waals surface area contributed by atoms with Crippen LogP contribution in [-0.2, 0) is 14.3 Å². The van der Waals surface area contributed by atoms with Crippen LogP contribution in [-0.4, -0.2) is 23.7 Å². The van der Waals surface area contributed by atoms with Gasteiger partial charge in [0, 0.05) is 17.1 Å². The molecule has 1 aliphatic heterocycles. The molecule has 132 valence electrons. The summed E-state index contributed by atoms with van der Waals surface area (Å²) in [5.74, 6) is -0.0483. The summed E-state index contributed by atoms with van der Waals surface area (Å²) < 4.78 is 5.02. The third-order valence-electron chi connectivity index (χ3n) is 7.14. The number of fused-ring (bicyclic) bond motifs is 1. The molecule has 3 rings (SSSR count). The molecule has 0 aromatic carbocycles. The first kappa shape index (κ1) is 17.2. The predicted octanol–water partition coefficient (Wildman–Crippen LogP) is 4.11. The van der Waals surface area contributed by atoms with E-state index in [0.29, 0.717) is 24.0 Å². The van der Waals surface area contributed by atoms with E-state index in [0.717, 1.165) is 44.1 Å². The molecule has 0 spiro atoms. The minimum atomic E-state index is -0.753. The van der Waals surface area contributed by atoms with Crippen LogP contribution in [0.3, 0.4) is 0 Å². The number of carboxylic acids is 1. The lowest BCUT2D eigenvalue weighted by Crippen LogP contribution is -2.51. The van der Waals surface area contributed by atoms with Crippen LogP contribution >= 0.6 is 0 Å². The van der Waals surface area contributed by atoms with Gasteiger partial charge in [-0.2, -0.15) is 0 Å². The van der Waals surface area contributed by atoms with E-state index < -0.39 is 5.97 Å². The molecule has 1 N–H and O–H groups in total. The second kappa shape index (κ2) is 6.05. The lowest BCUT2D eigenvalue weighted by molar-refractivity contribution is -0.137. The molecule has 1 heterocycles. The summed E-state index contributed by atoms with van der Waals surface area (Å²) in [7, 11) is 0. The predicted molar refractivity (Wildman–Crippen MR) is 91.3 cm³/mol. The molecule has 0 aromatic rings. The number of carbonyl (C=O) groups is 2. The second-order valence-corrected chi connectivity index (χ2v) is 8.33. The maximum atomic E-state index is 11.8. The standard InChI is InChI=1S/C20H28O4/c1-13-7-9-20(3)15(18(22)23)5-4-6-16(20)19(13,2)10-8-14-11-17(21)24-12-14/h5,11,13,16H,4,6-10,12H2,1-3H3,(H,22,23). The third kappa shape index (κ3) is 2.70. The minimum Gasteiger partial charge on any atom is -0.478 e. The lowest BCUT2D eigenvalue weighted by atomic mass is 9.46. The van der Waals surface area contributed by atoms with Crippen LogP contribution in [0, 0.1) is 22.7 Å². The maximum absolute atomic E-state index is 11.8. The molecule has 4 heteroatoms. The molecule has 1 fully saturated rings. The van der Waals surface area contributed by atoms with E-state index in [1.807, 2.05) is 6.08 Å². The summed E-state index contributed by atoms with van der Waals surface area (Å²) in [6.07, 6.45) is 9.35. The zero-order valence-electron chi connectivity index (χ0n) is 14.9. The first-order valence-electron chi connectivity index (χ1n) is 9.07.